The van der Waals surface area contributed by atoms with Gasteiger partial charge in [0.25, 0.3) is 0 Å². The highest BCUT2D eigenvalue weighted by atomic mass is 19.1. The summed E-state index contributed by atoms with van der Waals surface area (Å²) in [5.74, 6) is 0.594. The van der Waals surface area contributed by atoms with Crippen LogP contribution in [0.4, 0.5) is 10.1 Å². The number of hydrogen-bond acceptors (Lipinski definition) is 2. The molecule has 0 spiro atoms. The third-order valence-corrected chi connectivity index (χ3v) is 3.49. The number of rotatable bonds is 4. The van der Waals surface area contributed by atoms with Crippen molar-refractivity contribution >= 4 is 5.69 Å². The molecule has 0 aromatic heterocycles. The van der Waals surface area contributed by atoms with E-state index in [-0.39, 0.29) is 5.82 Å². The first-order chi connectivity index (χ1) is 8.20. The van der Waals surface area contributed by atoms with Crippen LogP contribution in [-0.2, 0) is 0 Å². The van der Waals surface area contributed by atoms with E-state index in [1.807, 2.05) is 12.1 Å². The second-order valence-electron chi connectivity index (χ2n) is 4.84. The van der Waals surface area contributed by atoms with Gasteiger partial charge in [-0.2, -0.15) is 0 Å². The van der Waals surface area contributed by atoms with Gasteiger partial charge in [0.05, 0.1) is 0 Å². The molecule has 1 heterocycles. The summed E-state index contributed by atoms with van der Waals surface area (Å²) in [5, 5.41) is 3.38. The van der Waals surface area contributed by atoms with Crippen LogP contribution in [0.25, 0.3) is 0 Å². The maximum Gasteiger partial charge on any atom is 0.128 e. The Bertz CT molecular complexity index is 378. The first-order valence-electron chi connectivity index (χ1n) is 6.42. The molecule has 1 fully saturated rings. The fourth-order valence-corrected chi connectivity index (χ4v) is 2.36. The van der Waals surface area contributed by atoms with Crippen LogP contribution >= 0.6 is 0 Å². The Labute approximate surface area is 103 Å². The summed E-state index contributed by atoms with van der Waals surface area (Å²) in [6, 6.07) is 5.54. The first kappa shape index (κ1) is 12.4. The van der Waals surface area contributed by atoms with Crippen molar-refractivity contribution in [3.63, 3.8) is 0 Å². The SMILES string of the molecule is CCNCC1CCN(c2ccc(C)c(F)c2)C1. The molecular formula is C14H21FN2. The average Bonchev–Trinajstić information content (AvgIpc) is 2.79. The fourth-order valence-electron chi connectivity index (χ4n) is 2.36. The minimum atomic E-state index is -0.0994. The summed E-state index contributed by atoms with van der Waals surface area (Å²) in [6.45, 7) is 8.10. The highest BCUT2D eigenvalue weighted by Crippen LogP contribution is 2.25. The Balaban J connectivity index is 1.97. The summed E-state index contributed by atoms with van der Waals surface area (Å²) < 4.78 is 13.5. The molecule has 0 bridgehead atoms. The Morgan fingerprint density at radius 3 is 3.00 bits per heavy atom. The smallest absolute Gasteiger partial charge is 0.128 e. The van der Waals surface area contributed by atoms with Gasteiger partial charge in [-0.1, -0.05) is 13.0 Å². The number of benzene rings is 1. The van der Waals surface area contributed by atoms with E-state index in [9.17, 15) is 4.39 Å². The maximum absolute atomic E-state index is 13.5. The molecule has 3 heteroatoms. The van der Waals surface area contributed by atoms with E-state index in [1.54, 1.807) is 13.0 Å². The van der Waals surface area contributed by atoms with Gasteiger partial charge >= 0.3 is 0 Å². The van der Waals surface area contributed by atoms with Crippen molar-refractivity contribution in [1.29, 1.82) is 0 Å². The summed E-state index contributed by atoms with van der Waals surface area (Å²) >= 11 is 0. The topological polar surface area (TPSA) is 15.3 Å². The van der Waals surface area contributed by atoms with Crippen molar-refractivity contribution in [2.24, 2.45) is 5.92 Å². The van der Waals surface area contributed by atoms with E-state index in [1.165, 1.54) is 6.42 Å². The van der Waals surface area contributed by atoms with E-state index in [4.69, 9.17) is 0 Å². The van der Waals surface area contributed by atoms with Gasteiger partial charge in [-0.15, -0.1) is 0 Å². The number of nitrogens with zero attached hydrogens (tertiary/aromatic N) is 1. The van der Waals surface area contributed by atoms with Gasteiger partial charge in [0, 0.05) is 18.8 Å². The summed E-state index contributed by atoms with van der Waals surface area (Å²) in [4.78, 5) is 2.28. The van der Waals surface area contributed by atoms with Crippen LogP contribution in [0.15, 0.2) is 18.2 Å². The van der Waals surface area contributed by atoms with Crippen LogP contribution in [0, 0.1) is 18.7 Å². The monoisotopic (exact) mass is 236 g/mol. The van der Waals surface area contributed by atoms with Crippen molar-refractivity contribution in [2.45, 2.75) is 20.3 Å². The molecule has 0 saturated carbocycles. The Kier molecular flexibility index (Phi) is 4.00. The van der Waals surface area contributed by atoms with E-state index in [0.29, 0.717) is 5.92 Å². The standard InChI is InChI=1S/C14H21FN2/c1-3-16-9-12-6-7-17(10-12)13-5-4-11(2)14(15)8-13/h4-5,8,12,16H,3,6-7,9-10H2,1-2H3. The lowest BCUT2D eigenvalue weighted by Gasteiger charge is -2.19. The molecular weight excluding hydrogens is 215 g/mol. The van der Waals surface area contributed by atoms with E-state index < -0.39 is 0 Å². The Hall–Kier alpha value is -1.09. The molecule has 0 radical (unpaired) electrons. The Morgan fingerprint density at radius 2 is 2.29 bits per heavy atom. The quantitative estimate of drug-likeness (QED) is 0.864. The van der Waals surface area contributed by atoms with Crippen LogP contribution in [0.5, 0.6) is 0 Å². The van der Waals surface area contributed by atoms with Crippen LogP contribution < -0.4 is 10.2 Å². The fraction of sp³-hybridized carbons (Fsp3) is 0.571. The summed E-state index contributed by atoms with van der Waals surface area (Å²) in [5.41, 5.74) is 1.74. The minimum Gasteiger partial charge on any atom is -0.371 e. The molecule has 1 atom stereocenters. The van der Waals surface area contributed by atoms with Gasteiger partial charge in [-0.05, 0) is 50.0 Å². The molecule has 0 aliphatic carbocycles. The second kappa shape index (κ2) is 5.50. The van der Waals surface area contributed by atoms with Gasteiger partial charge in [0.2, 0.25) is 0 Å². The zero-order valence-electron chi connectivity index (χ0n) is 10.7. The molecule has 94 valence electrons. The number of halogens is 1. The van der Waals surface area contributed by atoms with Crippen LogP contribution in [0.2, 0.25) is 0 Å². The van der Waals surface area contributed by atoms with E-state index >= 15 is 0 Å². The van der Waals surface area contributed by atoms with E-state index in [0.717, 1.165) is 37.4 Å². The van der Waals surface area contributed by atoms with Gasteiger partial charge in [0.1, 0.15) is 5.82 Å². The van der Waals surface area contributed by atoms with Crippen LogP contribution in [-0.4, -0.2) is 26.2 Å². The number of anilines is 1. The highest BCUT2D eigenvalue weighted by molar-refractivity contribution is 5.49. The van der Waals surface area contributed by atoms with Gasteiger partial charge < -0.3 is 10.2 Å². The highest BCUT2D eigenvalue weighted by Gasteiger charge is 2.22. The van der Waals surface area contributed by atoms with Crippen LogP contribution in [0.3, 0.4) is 0 Å². The van der Waals surface area contributed by atoms with Crippen molar-refractivity contribution < 1.29 is 4.39 Å². The first-order valence-corrected chi connectivity index (χ1v) is 6.42. The summed E-state index contributed by atoms with van der Waals surface area (Å²) in [6.07, 6.45) is 1.20. The zero-order chi connectivity index (χ0) is 12.3. The normalized spacial score (nSPS) is 19.9. The van der Waals surface area contributed by atoms with Gasteiger partial charge in [-0.25, -0.2) is 4.39 Å². The van der Waals surface area contributed by atoms with Gasteiger partial charge in [-0.3, -0.25) is 0 Å². The van der Waals surface area contributed by atoms with Crippen molar-refractivity contribution in [1.82, 2.24) is 5.32 Å². The molecule has 2 nitrogen and oxygen atoms in total. The predicted octanol–water partition coefficient (Wildman–Crippen LogP) is 2.57. The molecule has 1 aromatic carbocycles. The average molecular weight is 236 g/mol. The number of hydrogen-bond donors (Lipinski definition) is 1. The maximum atomic E-state index is 13.5. The van der Waals surface area contributed by atoms with Crippen molar-refractivity contribution in [3.8, 4) is 0 Å². The molecule has 1 saturated heterocycles. The van der Waals surface area contributed by atoms with E-state index in [2.05, 4.69) is 17.1 Å². The third-order valence-electron chi connectivity index (χ3n) is 3.49. The second-order valence-corrected chi connectivity index (χ2v) is 4.84. The minimum absolute atomic E-state index is 0.0994. The largest absolute Gasteiger partial charge is 0.371 e. The summed E-state index contributed by atoms with van der Waals surface area (Å²) in [7, 11) is 0. The number of nitrogens with one attached hydrogen (secondary N) is 1. The molecule has 1 aliphatic heterocycles. The van der Waals surface area contributed by atoms with Crippen molar-refractivity contribution in [3.05, 3.63) is 29.6 Å². The van der Waals surface area contributed by atoms with Gasteiger partial charge in [0.15, 0.2) is 0 Å². The lowest BCUT2D eigenvalue weighted by Crippen LogP contribution is -2.26. The lowest BCUT2D eigenvalue weighted by molar-refractivity contribution is 0.527. The van der Waals surface area contributed by atoms with Crippen LogP contribution in [0.1, 0.15) is 18.9 Å². The van der Waals surface area contributed by atoms with Crippen molar-refractivity contribution in [2.75, 3.05) is 31.1 Å². The molecule has 17 heavy (non-hydrogen) atoms. The predicted molar refractivity (Wildman–Crippen MR) is 70.0 cm³/mol. The molecule has 1 N–H and O–H groups in total. The Morgan fingerprint density at radius 1 is 1.47 bits per heavy atom. The number of aryl methyl sites for hydroxylation is 1. The third kappa shape index (κ3) is 2.97. The zero-order valence-corrected chi connectivity index (χ0v) is 10.7. The molecule has 1 unspecified atom stereocenters. The molecule has 2 rings (SSSR count). The molecule has 1 aromatic rings. The molecule has 0 amide bonds. The lowest BCUT2D eigenvalue weighted by atomic mass is 10.1. The molecule has 1 aliphatic rings.